The minimum atomic E-state index is -4.21. The van der Waals surface area contributed by atoms with Crippen molar-refractivity contribution in [3.63, 3.8) is 0 Å². The first-order valence-corrected chi connectivity index (χ1v) is 16.3. The van der Waals surface area contributed by atoms with Crippen molar-refractivity contribution in [2.45, 2.75) is 50.2 Å². The Kier molecular flexibility index (Phi) is 10.7. The fourth-order valence-corrected chi connectivity index (χ4v) is 6.54. The van der Waals surface area contributed by atoms with Crippen molar-refractivity contribution in [3.05, 3.63) is 130 Å². The summed E-state index contributed by atoms with van der Waals surface area (Å²) in [6.07, 6.45) is 0.206. The number of nitrogens with one attached hydrogen (secondary N) is 1. The average Bonchev–Trinajstić information content (AvgIpc) is 2.97. The molecule has 1 N–H and O–H groups in total. The highest BCUT2D eigenvalue weighted by atomic mass is 35.5. The van der Waals surface area contributed by atoms with Crippen molar-refractivity contribution in [1.82, 2.24) is 10.2 Å². The molecular weight excluding hydrogens is 617 g/mol. The number of nitrogens with zero attached hydrogens (tertiary/aromatic N) is 2. The SMILES string of the molecule is CC(C)(C)NC(=O)C(Cc1ccccc1)N(Cc1cccc(Cl)c1)C(=O)CN(c1cccc(Cl)c1)S(=O)(=O)c1ccccc1. The van der Waals surface area contributed by atoms with Gasteiger partial charge in [-0.1, -0.05) is 89.9 Å². The molecule has 0 aromatic heterocycles. The van der Waals surface area contributed by atoms with E-state index < -0.39 is 34.1 Å². The summed E-state index contributed by atoms with van der Waals surface area (Å²) in [5.41, 5.74) is 1.16. The lowest BCUT2D eigenvalue weighted by Gasteiger charge is -2.35. The molecule has 44 heavy (non-hydrogen) atoms. The van der Waals surface area contributed by atoms with Crippen LogP contribution in [0.25, 0.3) is 0 Å². The second-order valence-corrected chi connectivity index (χ2v) is 14.1. The molecule has 0 saturated carbocycles. The maximum Gasteiger partial charge on any atom is 0.264 e. The lowest BCUT2D eigenvalue weighted by Crippen LogP contribution is -2.56. The molecule has 1 atom stereocenters. The predicted molar refractivity (Wildman–Crippen MR) is 176 cm³/mol. The zero-order valence-corrected chi connectivity index (χ0v) is 27.1. The van der Waals surface area contributed by atoms with E-state index in [1.807, 2.05) is 57.2 Å². The Labute approximate surface area is 269 Å². The number of halogens is 2. The average molecular weight is 653 g/mol. The van der Waals surface area contributed by atoms with Gasteiger partial charge in [0, 0.05) is 28.5 Å². The molecule has 0 aliphatic rings. The third kappa shape index (κ3) is 8.85. The van der Waals surface area contributed by atoms with Crippen LogP contribution >= 0.6 is 23.2 Å². The third-order valence-electron chi connectivity index (χ3n) is 6.72. The van der Waals surface area contributed by atoms with Gasteiger partial charge in [-0.2, -0.15) is 0 Å². The van der Waals surface area contributed by atoms with E-state index in [0.29, 0.717) is 15.6 Å². The highest BCUT2D eigenvalue weighted by Crippen LogP contribution is 2.27. The first-order chi connectivity index (χ1) is 20.8. The molecule has 230 valence electrons. The lowest BCUT2D eigenvalue weighted by atomic mass is 10.0. The van der Waals surface area contributed by atoms with Gasteiger partial charge < -0.3 is 10.2 Å². The van der Waals surface area contributed by atoms with Crippen molar-refractivity contribution in [2.75, 3.05) is 10.8 Å². The summed E-state index contributed by atoms with van der Waals surface area (Å²) in [5, 5.41) is 3.80. The number of anilines is 1. The summed E-state index contributed by atoms with van der Waals surface area (Å²) >= 11 is 12.6. The topological polar surface area (TPSA) is 86.8 Å². The fraction of sp³-hybridized carbons (Fsp3) is 0.235. The van der Waals surface area contributed by atoms with Crippen LogP contribution in [0.5, 0.6) is 0 Å². The molecule has 4 rings (SSSR count). The van der Waals surface area contributed by atoms with Crippen LogP contribution in [-0.4, -0.2) is 43.3 Å². The first-order valence-electron chi connectivity index (χ1n) is 14.1. The Morgan fingerprint density at radius 3 is 1.93 bits per heavy atom. The van der Waals surface area contributed by atoms with E-state index in [1.165, 1.54) is 23.1 Å². The van der Waals surface area contributed by atoms with Gasteiger partial charge in [-0.15, -0.1) is 0 Å². The smallest absolute Gasteiger partial charge is 0.264 e. The molecule has 0 spiro atoms. The van der Waals surface area contributed by atoms with E-state index >= 15 is 0 Å². The Balaban J connectivity index is 1.82. The highest BCUT2D eigenvalue weighted by molar-refractivity contribution is 7.92. The molecule has 2 amide bonds. The number of hydrogen-bond acceptors (Lipinski definition) is 4. The lowest BCUT2D eigenvalue weighted by molar-refractivity contribution is -0.140. The molecule has 7 nitrogen and oxygen atoms in total. The molecule has 4 aromatic rings. The minimum Gasteiger partial charge on any atom is -0.350 e. The molecule has 4 aromatic carbocycles. The Hall–Kier alpha value is -3.85. The van der Waals surface area contributed by atoms with E-state index in [9.17, 15) is 18.0 Å². The molecule has 0 bridgehead atoms. The zero-order valence-electron chi connectivity index (χ0n) is 24.8. The predicted octanol–water partition coefficient (Wildman–Crippen LogP) is 6.74. The van der Waals surface area contributed by atoms with Crippen LogP contribution in [0.3, 0.4) is 0 Å². The van der Waals surface area contributed by atoms with Crippen molar-refractivity contribution in [2.24, 2.45) is 0 Å². The molecule has 0 heterocycles. The summed E-state index contributed by atoms with van der Waals surface area (Å²) in [5.74, 6) is -0.939. The van der Waals surface area contributed by atoms with Crippen LogP contribution in [0.1, 0.15) is 31.9 Å². The fourth-order valence-electron chi connectivity index (χ4n) is 4.72. The van der Waals surface area contributed by atoms with Gasteiger partial charge in [-0.25, -0.2) is 8.42 Å². The zero-order chi connectivity index (χ0) is 31.9. The van der Waals surface area contributed by atoms with Gasteiger partial charge in [0.05, 0.1) is 10.6 Å². The van der Waals surface area contributed by atoms with Crippen LogP contribution in [0.15, 0.2) is 114 Å². The molecule has 0 radical (unpaired) electrons. The van der Waals surface area contributed by atoms with Gasteiger partial charge in [0.15, 0.2) is 0 Å². The van der Waals surface area contributed by atoms with Gasteiger partial charge in [-0.05, 0) is 74.4 Å². The van der Waals surface area contributed by atoms with Crippen molar-refractivity contribution in [3.8, 4) is 0 Å². The number of sulfonamides is 1. The molecule has 1 unspecified atom stereocenters. The molecule has 0 aliphatic heterocycles. The van der Waals surface area contributed by atoms with E-state index in [-0.39, 0.29) is 29.5 Å². The maximum atomic E-state index is 14.5. The monoisotopic (exact) mass is 651 g/mol. The number of benzene rings is 4. The Morgan fingerprint density at radius 2 is 1.34 bits per heavy atom. The third-order valence-corrected chi connectivity index (χ3v) is 8.98. The van der Waals surface area contributed by atoms with E-state index in [0.717, 1.165) is 9.87 Å². The van der Waals surface area contributed by atoms with Crippen LogP contribution in [0.2, 0.25) is 10.0 Å². The summed E-state index contributed by atoms with van der Waals surface area (Å²) in [4.78, 5) is 29.8. The Bertz CT molecular complexity index is 1690. The molecule has 0 fully saturated rings. The quantitative estimate of drug-likeness (QED) is 0.194. The second kappa shape index (κ2) is 14.3. The maximum absolute atomic E-state index is 14.5. The number of amides is 2. The Morgan fingerprint density at radius 1 is 0.773 bits per heavy atom. The molecular formula is C34H35Cl2N3O4S. The van der Waals surface area contributed by atoms with Gasteiger partial charge in [0.25, 0.3) is 10.0 Å². The second-order valence-electron chi connectivity index (χ2n) is 11.4. The summed E-state index contributed by atoms with van der Waals surface area (Å²) in [7, 11) is -4.21. The summed E-state index contributed by atoms with van der Waals surface area (Å²) in [6.45, 7) is 5.03. The molecule has 0 saturated heterocycles. The van der Waals surface area contributed by atoms with Crippen LogP contribution < -0.4 is 9.62 Å². The largest absolute Gasteiger partial charge is 0.350 e. The number of rotatable bonds is 11. The van der Waals surface area contributed by atoms with E-state index in [4.69, 9.17) is 23.2 Å². The van der Waals surface area contributed by atoms with Crippen LogP contribution in [0.4, 0.5) is 5.69 Å². The molecule has 0 aliphatic carbocycles. The minimum absolute atomic E-state index is 0.0143. The normalized spacial score (nSPS) is 12.3. The van der Waals surface area contributed by atoms with Crippen LogP contribution in [0, 0.1) is 0 Å². The number of hydrogen-bond donors (Lipinski definition) is 1. The van der Waals surface area contributed by atoms with E-state index in [1.54, 1.807) is 54.6 Å². The van der Waals surface area contributed by atoms with Crippen molar-refractivity contribution < 1.29 is 18.0 Å². The van der Waals surface area contributed by atoms with Crippen molar-refractivity contribution >= 4 is 50.7 Å². The summed E-state index contributed by atoms with van der Waals surface area (Å²) < 4.78 is 29.0. The summed E-state index contributed by atoms with van der Waals surface area (Å²) in [6, 6.07) is 29.6. The highest BCUT2D eigenvalue weighted by Gasteiger charge is 2.35. The van der Waals surface area contributed by atoms with Gasteiger partial charge >= 0.3 is 0 Å². The first kappa shape index (κ1) is 33.1. The number of carbonyl (C=O) groups excluding carboxylic acids is 2. The van der Waals surface area contributed by atoms with Gasteiger partial charge in [-0.3, -0.25) is 13.9 Å². The molecule has 10 heteroatoms. The van der Waals surface area contributed by atoms with E-state index in [2.05, 4.69) is 5.32 Å². The number of carbonyl (C=O) groups is 2. The standard InChI is InChI=1S/C34H35Cl2N3O4S/c1-34(2,3)37-33(41)31(21-25-12-6-4-7-13-25)38(23-26-14-10-15-27(35)20-26)32(40)24-39(29-17-11-16-28(36)22-29)44(42,43)30-18-8-5-9-19-30/h4-20,22,31H,21,23-24H2,1-3H3,(H,37,41). The van der Waals surface area contributed by atoms with Crippen molar-refractivity contribution in [1.29, 1.82) is 0 Å². The van der Waals surface area contributed by atoms with Gasteiger partial charge in [0.2, 0.25) is 11.8 Å². The van der Waals surface area contributed by atoms with Gasteiger partial charge in [0.1, 0.15) is 12.6 Å². The van der Waals surface area contributed by atoms with Crippen LogP contribution in [-0.2, 0) is 32.6 Å².